The van der Waals surface area contributed by atoms with Gasteiger partial charge in [-0.2, -0.15) is 0 Å². The largest absolute Gasteiger partial charge is 0.497 e. The summed E-state index contributed by atoms with van der Waals surface area (Å²) < 4.78 is 10.4. The number of nitrogens with zero attached hydrogens (tertiary/aromatic N) is 1. The van der Waals surface area contributed by atoms with Crippen molar-refractivity contribution in [1.29, 1.82) is 0 Å². The van der Waals surface area contributed by atoms with Crippen molar-refractivity contribution < 1.29 is 29.3 Å². The zero-order valence-electron chi connectivity index (χ0n) is 13.2. The SMILES string of the molecule is COc1ccc(OC)c([C@@H](CO)C(=O)N2CCC[C@H]2C(=O)O)c1. The Labute approximate surface area is 134 Å². The molecule has 126 valence electrons. The van der Waals surface area contributed by atoms with Gasteiger partial charge in [0.1, 0.15) is 17.5 Å². The fourth-order valence-corrected chi connectivity index (χ4v) is 2.91. The molecule has 7 heteroatoms. The summed E-state index contributed by atoms with van der Waals surface area (Å²) in [6.45, 7) is -0.0657. The van der Waals surface area contributed by atoms with Crippen molar-refractivity contribution in [2.75, 3.05) is 27.4 Å². The number of carbonyl (C=O) groups is 2. The summed E-state index contributed by atoms with van der Waals surface area (Å²) in [4.78, 5) is 25.4. The monoisotopic (exact) mass is 323 g/mol. The summed E-state index contributed by atoms with van der Waals surface area (Å²) in [7, 11) is 2.97. The number of methoxy groups -OCH3 is 2. The summed E-state index contributed by atoms with van der Waals surface area (Å²) >= 11 is 0. The Hall–Kier alpha value is -2.28. The average Bonchev–Trinajstić information content (AvgIpc) is 3.05. The lowest BCUT2D eigenvalue weighted by atomic mass is 9.96. The van der Waals surface area contributed by atoms with Gasteiger partial charge in [0.25, 0.3) is 0 Å². The standard InChI is InChI=1S/C16H21NO6/c1-22-10-5-6-14(23-2)11(8-10)12(9-18)15(19)17-7-3-4-13(17)16(20)21/h5-6,8,12-13,18H,3-4,7,9H2,1-2H3,(H,20,21)/t12-,13+/m1/s1. The number of hydrogen-bond acceptors (Lipinski definition) is 5. The summed E-state index contributed by atoms with van der Waals surface area (Å²) in [6.07, 6.45) is 1.06. The summed E-state index contributed by atoms with van der Waals surface area (Å²) in [5, 5.41) is 19.0. The molecule has 1 saturated heterocycles. The first-order valence-electron chi connectivity index (χ1n) is 7.39. The van der Waals surface area contributed by atoms with Crippen molar-refractivity contribution in [2.24, 2.45) is 0 Å². The van der Waals surface area contributed by atoms with E-state index in [1.165, 1.54) is 19.1 Å². The molecule has 1 aromatic rings. The Morgan fingerprint density at radius 3 is 2.65 bits per heavy atom. The number of carboxylic acids is 1. The van der Waals surface area contributed by atoms with Crippen LogP contribution in [0.25, 0.3) is 0 Å². The van der Waals surface area contributed by atoms with Crippen LogP contribution >= 0.6 is 0 Å². The molecule has 0 spiro atoms. The quantitative estimate of drug-likeness (QED) is 0.806. The molecule has 1 aromatic carbocycles. The average molecular weight is 323 g/mol. The lowest BCUT2D eigenvalue weighted by molar-refractivity contribution is -0.149. The van der Waals surface area contributed by atoms with Crippen molar-refractivity contribution >= 4 is 11.9 Å². The number of carbonyl (C=O) groups excluding carboxylic acids is 1. The zero-order chi connectivity index (χ0) is 17.0. The number of ether oxygens (including phenoxy) is 2. The fraction of sp³-hybridized carbons (Fsp3) is 0.500. The third kappa shape index (κ3) is 3.39. The molecule has 2 rings (SSSR count). The van der Waals surface area contributed by atoms with Crippen LogP contribution in [-0.4, -0.2) is 60.4 Å². The minimum Gasteiger partial charge on any atom is -0.497 e. The van der Waals surface area contributed by atoms with Crippen LogP contribution in [0.4, 0.5) is 0 Å². The highest BCUT2D eigenvalue weighted by atomic mass is 16.5. The van der Waals surface area contributed by atoms with Crippen molar-refractivity contribution in [3.8, 4) is 11.5 Å². The number of rotatable bonds is 6. The number of carboxylic acid groups (broad SMARTS) is 1. The second-order valence-corrected chi connectivity index (χ2v) is 5.37. The number of amides is 1. The van der Waals surface area contributed by atoms with Gasteiger partial charge >= 0.3 is 5.97 Å². The Morgan fingerprint density at radius 1 is 1.35 bits per heavy atom. The van der Waals surface area contributed by atoms with Crippen LogP contribution < -0.4 is 9.47 Å². The van der Waals surface area contributed by atoms with Gasteiger partial charge in [-0.05, 0) is 31.0 Å². The Kier molecular flexibility index (Phi) is 5.44. The van der Waals surface area contributed by atoms with Gasteiger partial charge in [0.15, 0.2) is 0 Å². The Bertz CT molecular complexity index is 588. The smallest absolute Gasteiger partial charge is 0.326 e. The molecule has 0 aliphatic carbocycles. The third-order valence-corrected chi connectivity index (χ3v) is 4.11. The molecule has 7 nitrogen and oxygen atoms in total. The van der Waals surface area contributed by atoms with Crippen LogP contribution in [0.3, 0.4) is 0 Å². The van der Waals surface area contributed by atoms with Crippen LogP contribution in [-0.2, 0) is 9.59 Å². The fourth-order valence-electron chi connectivity index (χ4n) is 2.91. The van der Waals surface area contributed by atoms with E-state index in [1.54, 1.807) is 18.2 Å². The van der Waals surface area contributed by atoms with Gasteiger partial charge in [0.2, 0.25) is 5.91 Å². The summed E-state index contributed by atoms with van der Waals surface area (Å²) in [5.41, 5.74) is 0.482. The van der Waals surface area contributed by atoms with E-state index in [-0.39, 0.29) is 0 Å². The molecule has 1 aliphatic rings. The van der Waals surface area contributed by atoms with Gasteiger partial charge in [0.05, 0.1) is 26.7 Å². The molecule has 1 amide bonds. The van der Waals surface area contributed by atoms with Crippen molar-refractivity contribution in [1.82, 2.24) is 4.90 Å². The molecule has 0 saturated carbocycles. The Balaban J connectivity index is 2.35. The van der Waals surface area contributed by atoms with Crippen molar-refractivity contribution in [3.63, 3.8) is 0 Å². The van der Waals surface area contributed by atoms with Gasteiger partial charge in [-0.3, -0.25) is 4.79 Å². The molecule has 0 aromatic heterocycles. The maximum atomic E-state index is 12.8. The first-order valence-corrected chi connectivity index (χ1v) is 7.39. The summed E-state index contributed by atoms with van der Waals surface area (Å²) in [6, 6.07) is 4.14. The first kappa shape index (κ1) is 17.1. The van der Waals surface area contributed by atoms with E-state index in [1.807, 2.05) is 0 Å². The zero-order valence-corrected chi connectivity index (χ0v) is 13.2. The molecule has 0 unspecified atom stereocenters. The maximum absolute atomic E-state index is 12.8. The molecule has 1 aliphatic heterocycles. The van der Waals surface area contributed by atoms with Crippen LogP contribution in [0.2, 0.25) is 0 Å². The Morgan fingerprint density at radius 2 is 2.09 bits per heavy atom. The summed E-state index contributed by atoms with van der Waals surface area (Å²) in [5.74, 6) is -1.35. The molecular weight excluding hydrogens is 302 g/mol. The van der Waals surface area contributed by atoms with E-state index in [0.29, 0.717) is 36.4 Å². The number of hydrogen-bond donors (Lipinski definition) is 2. The topological polar surface area (TPSA) is 96.3 Å². The number of likely N-dealkylation sites (tertiary alicyclic amines) is 1. The number of aliphatic carboxylic acids is 1. The van der Waals surface area contributed by atoms with E-state index in [0.717, 1.165) is 0 Å². The maximum Gasteiger partial charge on any atom is 0.326 e. The molecule has 2 atom stereocenters. The normalized spacial score (nSPS) is 18.6. The van der Waals surface area contributed by atoms with Crippen LogP contribution in [0.5, 0.6) is 11.5 Å². The lowest BCUT2D eigenvalue weighted by Crippen LogP contribution is -2.43. The predicted molar refractivity (Wildman–Crippen MR) is 81.7 cm³/mol. The van der Waals surface area contributed by atoms with E-state index in [2.05, 4.69) is 0 Å². The third-order valence-electron chi connectivity index (χ3n) is 4.11. The van der Waals surface area contributed by atoms with Crippen molar-refractivity contribution in [2.45, 2.75) is 24.8 Å². The first-order chi connectivity index (χ1) is 11.0. The van der Waals surface area contributed by atoms with Gasteiger partial charge < -0.3 is 24.6 Å². The van der Waals surface area contributed by atoms with Crippen molar-refractivity contribution in [3.05, 3.63) is 23.8 Å². The second kappa shape index (κ2) is 7.32. The van der Waals surface area contributed by atoms with Gasteiger partial charge in [-0.1, -0.05) is 0 Å². The molecule has 1 heterocycles. The molecule has 0 bridgehead atoms. The molecule has 1 fully saturated rings. The van der Waals surface area contributed by atoms with Gasteiger partial charge in [0, 0.05) is 12.1 Å². The number of aliphatic hydroxyl groups is 1. The second-order valence-electron chi connectivity index (χ2n) is 5.37. The van der Waals surface area contributed by atoms with Crippen LogP contribution in [0.15, 0.2) is 18.2 Å². The highest BCUT2D eigenvalue weighted by molar-refractivity contribution is 5.89. The van der Waals surface area contributed by atoms with Crippen LogP contribution in [0.1, 0.15) is 24.3 Å². The van der Waals surface area contributed by atoms with E-state index < -0.39 is 30.4 Å². The van der Waals surface area contributed by atoms with Crippen LogP contribution in [0, 0.1) is 0 Å². The molecule has 23 heavy (non-hydrogen) atoms. The minimum absolute atomic E-state index is 0.374. The molecular formula is C16H21NO6. The van der Waals surface area contributed by atoms with E-state index in [9.17, 15) is 19.8 Å². The highest BCUT2D eigenvalue weighted by Gasteiger charge is 2.38. The number of benzene rings is 1. The van der Waals surface area contributed by atoms with Gasteiger partial charge in [-0.15, -0.1) is 0 Å². The highest BCUT2D eigenvalue weighted by Crippen LogP contribution is 2.33. The van der Waals surface area contributed by atoms with E-state index >= 15 is 0 Å². The van der Waals surface area contributed by atoms with Gasteiger partial charge in [-0.25, -0.2) is 4.79 Å². The molecule has 0 radical (unpaired) electrons. The lowest BCUT2D eigenvalue weighted by Gasteiger charge is -2.27. The van der Waals surface area contributed by atoms with E-state index in [4.69, 9.17) is 9.47 Å². The molecule has 2 N–H and O–H groups in total. The number of aliphatic hydroxyl groups excluding tert-OH is 1. The minimum atomic E-state index is -1.02. The predicted octanol–water partition coefficient (Wildman–Crippen LogP) is 0.855.